The quantitative estimate of drug-likeness (QED) is 0.806. The minimum atomic E-state index is -1.46. The van der Waals surface area contributed by atoms with Crippen LogP contribution in [0, 0.1) is 5.41 Å². The molecule has 0 spiro atoms. The fraction of sp³-hybridized carbons (Fsp3) is 0.818. The number of amides is 1. The topological polar surface area (TPSA) is 66.8 Å². The van der Waals surface area contributed by atoms with E-state index in [0.717, 1.165) is 0 Å². The summed E-state index contributed by atoms with van der Waals surface area (Å²) in [5.41, 5.74) is -2.10. The van der Waals surface area contributed by atoms with E-state index in [2.05, 4.69) is 0 Å². The van der Waals surface area contributed by atoms with Crippen molar-refractivity contribution in [2.24, 2.45) is 5.41 Å². The van der Waals surface area contributed by atoms with E-state index >= 15 is 0 Å². The van der Waals surface area contributed by atoms with Crippen molar-refractivity contribution in [3.8, 4) is 0 Å². The van der Waals surface area contributed by atoms with Gasteiger partial charge in [-0.2, -0.15) is 0 Å². The van der Waals surface area contributed by atoms with Gasteiger partial charge in [0.05, 0.1) is 0 Å². The Balaban J connectivity index is 2.67. The zero-order valence-corrected chi connectivity index (χ0v) is 10.3. The number of hydrogen-bond acceptors (Lipinski definition) is 3. The first-order valence-electron chi connectivity index (χ1n) is 5.47. The molecule has 0 aromatic rings. The predicted octanol–water partition coefficient (Wildman–Crippen LogP) is 1.67. The van der Waals surface area contributed by atoms with Gasteiger partial charge in [-0.05, 0) is 27.2 Å². The fourth-order valence-corrected chi connectivity index (χ4v) is 1.70. The number of alkyl halides is 1. The summed E-state index contributed by atoms with van der Waals surface area (Å²) in [5.74, 6) is -1.20. The summed E-state index contributed by atoms with van der Waals surface area (Å²) in [4.78, 5) is 23.9. The Kier molecular flexibility index (Phi) is 3.64. The summed E-state index contributed by atoms with van der Waals surface area (Å²) in [6.45, 7) is 4.28. The summed E-state index contributed by atoms with van der Waals surface area (Å²) >= 11 is 0. The molecule has 98 valence electrons. The van der Waals surface area contributed by atoms with Crippen molar-refractivity contribution in [3.05, 3.63) is 0 Å². The minimum absolute atomic E-state index is 0.123. The summed E-state index contributed by atoms with van der Waals surface area (Å²) in [7, 11) is 0. The molecule has 0 aliphatic carbocycles. The molecule has 1 fully saturated rings. The highest BCUT2D eigenvalue weighted by atomic mass is 19.1. The van der Waals surface area contributed by atoms with Crippen LogP contribution in [0.3, 0.4) is 0 Å². The van der Waals surface area contributed by atoms with Gasteiger partial charge >= 0.3 is 12.1 Å². The molecule has 0 bridgehead atoms. The lowest BCUT2D eigenvalue weighted by Gasteiger charge is -2.25. The van der Waals surface area contributed by atoms with Crippen LogP contribution in [0.4, 0.5) is 9.18 Å². The smallest absolute Gasteiger partial charge is 0.410 e. The van der Waals surface area contributed by atoms with Crippen LogP contribution < -0.4 is 0 Å². The molecule has 0 aromatic heterocycles. The second kappa shape index (κ2) is 4.50. The minimum Gasteiger partial charge on any atom is -0.481 e. The Hall–Kier alpha value is -1.33. The highest BCUT2D eigenvalue weighted by molar-refractivity contribution is 5.78. The maximum Gasteiger partial charge on any atom is 0.410 e. The van der Waals surface area contributed by atoms with Gasteiger partial charge in [0.1, 0.15) is 17.7 Å². The van der Waals surface area contributed by atoms with Crippen molar-refractivity contribution >= 4 is 12.1 Å². The molecule has 0 saturated carbocycles. The molecule has 1 unspecified atom stereocenters. The molecule has 1 aliphatic rings. The third-order valence-corrected chi connectivity index (χ3v) is 2.71. The van der Waals surface area contributed by atoms with Crippen molar-refractivity contribution in [1.82, 2.24) is 4.90 Å². The van der Waals surface area contributed by atoms with Gasteiger partial charge in [-0.15, -0.1) is 0 Å². The Morgan fingerprint density at radius 1 is 1.47 bits per heavy atom. The lowest BCUT2D eigenvalue weighted by atomic mass is 9.89. The summed E-state index contributed by atoms with van der Waals surface area (Å²) < 4.78 is 17.9. The van der Waals surface area contributed by atoms with E-state index in [1.807, 2.05) is 0 Å². The molecule has 0 radical (unpaired) electrons. The Morgan fingerprint density at radius 2 is 2.06 bits per heavy atom. The first-order chi connectivity index (χ1) is 7.70. The lowest BCUT2D eigenvalue weighted by Crippen LogP contribution is -2.40. The standard InChI is InChI=1S/C11H18FNO4/c1-10(2,3)17-9(16)13-5-4-11(6-12,7-13)8(14)15/h4-7H2,1-3H3,(H,14,15). The molecule has 1 N–H and O–H groups in total. The fourth-order valence-electron chi connectivity index (χ4n) is 1.70. The predicted molar refractivity (Wildman–Crippen MR) is 58.5 cm³/mol. The highest BCUT2D eigenvalue weighted by Crippen LogP contribution is 2.32. The van der Waals surface area contributed by atoms with Crippen molar-refractivity contribution in [3.63, 3.8) is 0 Å². The number of carboxylic acids is 1. The maximum atomic E-state index is 12.8. The third kappa shape index (κ3) is 3.08. The van der Waals surface area contributed by atoms with Crippen molar-refractivity contribution < 1.29 is 23.8 Å². The van der Waals surface area contributed by atoms with E-state index in [4.69, 9.17) is 9.84 Å². The Bertz CT molecular complexity index is 326. The summed E-state index contributed by atoms with van der Waals surface area (Å²) in [6, 6.07) is 0. The first-order valence-corrected chi connectivity index (χ1v) is 5.47. The van der Waals surface area contributed by atoms with Gasteiger partial charge in [0.25, 0.3) is 0 Å². The highest BCUT2D eigenvalue weighted by Gasteiger charge is 2.47. The number of likely N-dealkylation sites (tertiary alicyclic amines) is 1. The Morgan fingerprint density at radius 3 is 2.41 bits per heavy atom. The van der Waals surface area contributed by atoms with Crippen LogP contribution in [0.25, 0.3) is 0 Å². The van der Waals surface area contributed by atoms with E-state index in [0.29, 0.717) is 0 Å². The number of aliphatic carboxylic acids is 1. The number of hydrogen-bond donors (Lipinski definition) is 1. The van der Waals surface area contributed by atoms with Gasteiger partial charge in [-0.1, -0.05) is 0 Å². The first kappa shape index (κ1) is 13.7. The summed E-state index contributed by atoms with van der Waals surface area (Å²) in [6.07, 6.45) is -0.466. The van der Waals surface area contributed by atoms with Gasteiger partial charge in [-0.25, -0.2) is 9.18 Å². The summed E-state index contributed by atoms with van der Waals surface area (Å²) in [5, 5.41) is 8.98. The van der Waals surface area contributed by atoms with Crippen molar-refractivity contribution in [1.29, 1.82) is 0 Å². The largest absolute Gasteiger partial charge is 0.481 e. The molecule has 1 aliphatic heterocycles. The molecule has 5 nitrogen and oxygen atoms in total. The van der Waals surface area contributed by atoms with Crippen molar-refractivity contribution in [2.45, 2.75) is 32.8 Å². The number of rotatable bonds is 2. The second-order valence-corrected chi connectivity index (χ2v) is 5.37. The zero-order valence-electron chi connectivity index (χ0n) is 10.3. The van der Waals surface area contributed by atoms with E-state index < -0.39 is 29.8 Å². The maximum absolute atomic E-state index is 12.8. The number of halogens is 1. The van der Waals surface area contributed by atoms with Crippen LogP contribution in [-0.2, 0) is 9.53 Å². The number of carbonyl (C=O) groups is 2. The van der Waals surface area contributed by atoms with E-state index in [-0.39, 0.29) is 19.5 Å². The van der Waals surface area contributed by atoms with Crippen LogP contribution >= 0.6 is 0 Å². The molecule has 1 saturated heterocycles. The molecule has 1 heterocycles. The van der Waals surface area contributed by atoms with E-state index in [1.165, 1.54) is 4.90 Å². The van der Waals surface area contributed by atoms with E-state index in [9.17, 15) is 14.0 Å². The molecule has 6 heteroatoms. The van der Waals surface area contributed by atoms with Crippen LogP contribution in [0.2, 0.25) is 0 Å². The lowest BCUT2D eigenvalue weighted by molar-refractivity contribution is -0.149. The third-order valence-electron chi connectivity index (χ3n) is 2.71. The van der Waals surface area contributed by atoms with Crippen molar-refractivity contribution in [2.75, 3.05) is 19.8 Å². The molecule has 1 rings (SSSR count). The van der Waals surface area contributed by atoms with Crippen LogP contribution in [0.1, 0.15) is 27.2 Å². The average Bonchev–Trinajstić information content (AvgIpc) is 2.60. The van der Waals surface area contributed by atoms with Gasteiger partial charge < -0.3 is 14.7 Å². The van der Waals surface area contributed by atoms with Crippen LogP contribution in [0.5, 0.6) is 0 Å². The van der Waals surface area contributed by atoms with Gasteiger partial charge in [0.2, 0.25) is 0 Å². The number of carboxylic acid groups (broad SMARTS) is 1. The molecule has 0 aromatic carbocycles. The molecule has 17 heavy (non-hydrogen) atoms. The number of carbonyl (C=O) groups excluding carboxylic acids is 1. The normalized spacial score (nSPS) is 24.8. The van der Waals surface area contributed by atoms with Gasteiger partial charge in [-0.3, -0.25) is 4.79 Å². The van der Waals surface area contributed by atoms with Gasteiger partial charge in [0, 0.05) is 13.1 Å². The monoisotopic (exact) mass is 247 g/mol. The average molecular weight is 247 g/mol. The van der Waals surface area contributed by atoms with Crippen LogP contribution in [0.15, 0.2) is 0 Å². The second-order valence-electron chi connectivity index (χ2n) is 5.37. The molecule has 1 amide bonds. The number of ether oxygens (including phenoxy) is 1. The molecule has 1 atom stereocenters. The van der Waals surface area contributed by atoms with Gasteiger partial charge in [0.15, 0.2) is 0 Å². The number of nitrogens with zero attached hydrogens (tertiary/aromatic N) is 1. The molecular formula is C11H18FNO4. The molecular weight excluding hydrogens is 229 g/mol. The SMILES string of the molecule is CC(C)(C)OC(=O)N1CCC(CF)(C(=O)O)C1. The Labute approximate surface area is 99.5 Å². The van der Waals surface area contributed by atoms with E-state index in [1.54, 1.807) is 20.8 Å². The zero-order chi connectivity index (χ0) is 13.3. The van der Waals surface area contributed by atoms with Crippen LogP contribution in [-0.4, -0.2) is 47.4 Å².